The van der Waals surface area contributed by atoms with Gasteiger partial charge in [0.15, 0.2) is 0 Å². The summed E-state index contributed by atoms with van der Waals surface area (Å²) in [7, 11) is 4.33. The van der Waals surface area contributed by atoms with Crippen LogP contribution in [0.1, 0.15) is 26.2 Å². The molecule has 0 saturated carbocycles. The van der Waals surface area contributed by atoms with Crippen molar-refractivity contribution in [2.75, 3.05) is 27.2 Å². The van der Waals surface area contributed by atoms with Crippen LogP contribution < -0.4 is 5.73 Å². The Morgan fingerprint density at radius 3 is 2.87 bits per heavy atom. The lowest BCUT2D eigenvalue weighted by atomic mass is 10.0. The third-order valence-corrected chi connectivity index (χ3v) is 3.39. The quantitative estimate of drug-likeness (QED) is 0.533. The number of hydrogen-bond donors (Lipinski definition) is 2. The minimum absolute atomic E-state index is 0.290. The molecular formula is C11H24N4. The molecule has 1 aliphatic heterocycles. The molecule has 0 spiro atoms. The Hall–Kier alpha value is -0.610. The van der Waals surface area contributed by atoms with Gasteiger partial charge in [0.1, 0.15) is 0 Å². The molecule has 1 aliphatic rings. The molecule has 1 heterocycles. The van der Waals surface area contributed by atoms with Crippen LogP contribution in [-0.2, 0) is 0 Å². The van der Waals surface area contributed by atoms with E-state index in [2.05, 4.69) is 30.8 Å². The second kappa shape index (κ2) is 5.47. The zero-order chi connectivity index (χ0) is 11.4. The van der Waals surface area contributed by atoms with Gasteiger partial charge in [-0.05, 0) is 40.4 Å². The highest BCUT2D eigenvalue weighted by atomic mass is 15.2. The first-order valence-corrected chi connectivity index (χ1v) is 5.74. The van der Waals surface area contributed by atoms with Crippen molar-refractivity contribution < 1.29 is 0 Å². The molecule has 1 rings (SSSR count). The molecule has 15 heavy (non-hydrogen) atoms. The molecule has 2 atom stereocenters. The molecule has 4 nitrogen and oxygen atoms in total. The van der Waals surface area contributed by atoms with Crippen molar-refractivity contribution in [3.8, 4) is 0 Å². The lowest BCUT2D eigenvalue weighted by Gasteiger charge is -2.38. The van der Waals surface area contributed by atoms with Crippen LogP contribution in [-0.4, -0.2) is 54.9 Å². The minimum atomic E-state index is 0.290. The number of nitrogens with two attached hydrogens (primary N) is 1. The van der Waals surface area contributed by atoms with Crippen molar-refractivity contribution >= 4 is 5.84 Å². The molecule has 0 amide bonds. The van der Waals surface area contributed by atoms with Crippen molar-refractivity contribution in [2.24, 2.45) is 5.73 Å². The molecule has 88 valence electrons. The normalized spacial score (nSPS) is 25.5. The van der Waals surface area contributed by atoms with E-state index in [1.165, 1.54) is 19.4 Å². The van der Waals surface area contributed by atoms with Crippen LogP contribution >= 0.6 is 0 Å². The van der Waals surface area contributed by atoms with E-state index in [4.69, 9.17) is 11.1 Å². The van der Waals surface area contributed by atoms with Crippen LogP contribution in [0.5, 0.6) is 0 Å². The summed E-state index contributed by atoms with van der Waals surface area (Å²) in [6.07, 6.45) is 3.22. The van der Waals surface area contributed by atoms with E-state index in [0.717, 1.165) is 6.54 Å². The summed E-state index contributed by atoms with van der Waals surface area (Å²) in [6, 6.07) is 0.997. The Balaban J connectivity index is 2.43. The molecule has 4 heteroatoms. The molecule has 0 bridgehead atoms. The summed E-state index contributed by atoms with van der Waals surface area (Å²) in [5.41, 5.74) is 5.43. The fourth-order valence-electron chi connectivity index (χ4n) is 2.29. The summed E-state index contributed by atoms with van der Waals surface area (Å²) in [4.78, 5) is 4.75. The first kappa shape index (κ1) is 12.5. The van der Waals surface area contributed by atoms with E-state index in [9.17, 15) is 0 Å². The molecule has 1 fully saturated rings. The third kappa shape index (κ3) is 3.80. The maximum atomic E-state index is 7.31. The molecule has 3 N–H and O–H groups in total. The van der Waals surface area contributed by atoms with Gasteiger partial charge in [-0.3, -0.25) is 10.3 Å². The van der Waals surface area contributed by atoms with E-state index in [-0.39, 0.29) is 0 Å². The van der Waals surface area contributed by atoms with E-state index < -0.39 is 0 Å². The van der Waals surface area contributed by atoms with Crippen molar-refractivity contribution in [1.29, 1.82) is 5.41 Å². The van der Waals surface area contributed by atoms with E-state index in [1.54, 1.807) is 0 Å². The third-order valence-electron chi connectivity index (χ3n) is 3.39. The van der Waals surface area contributed by atoms with E-state index in [1.807, 2.05) is 0 Å². The van der Waals surface area contributed by atoms with Gasteiger partial charge in [-0.1, -0.05) is 0 Å². The zero-order valence-corrected chi connectivity index (χ0v) is 10.2. The smallest absolute Gasteiger partial charge is 0.0920 e. The fraction of sp³-hybridized carbons (Fsp3) is 0.909. The molecular weight excluding hydrogens is 188 g/mol. The summed E-state index contributed by atoms with van der Waals surface area (Å²) in [5, 5.41) is 7.31. The van der Waals surface area contributed by atoms with Crippen molar-refractivity contribution in [3.05, 3.63) is 0 Å². The number of piperidine rings is 1. The average molecular weight is 212 g/mol. The summed E-state index contributed by atoms with van der Waals surface area (Å²) in [5.74, 6) is 0.290. The molecule has 1 saturated heterocycles. The predicted octanol–water partition coefficient (Wildman–Crippen LogP) is 0.727. The van der Waals surface area contributed by atoms with Crippen molar-refractivity contribution in [2.45, 2.75) is 38.3 Å². The number of rotatable bonds is 4. The van der Waals surface area contributed by atoms with Gasteiger partial charge < -0.3 is 10.6 Å². The predicted molar refractivity (Wildman–Crippen MR) is 64.3 cm³/mol. The minimum Gasteiger partial charge on any atom is -0.388 e. The largest absolute Gasteiger partial charge is 0.388 e. The first-order valence-electron chi connectivity index (χ1n) is 5.74. The molecule has 0 aliphatic carbocycles. The topological polar surface area (TPSA) is 56.4 Å². The Morgan fingerprint density at radius 1 is 1.67 bits per heavy atom. The van der Waals surface area contributed by atoms with Crippen molar-refractivity contribution in [3.63, 3.8) is 0 Å². The van der Waals surface area contributed by atoms with Crippen LogP contribution in [0.25, 0.3) is 0 Å². The second-order valence-electron chi connectivity index (χ2n) is 4.80. The van der Waals surface area contributed by atoms with Gasteiger partial charge in [-0.2, -0.15) is 0 Å². The van der Waals surface area contributed by atoms with Gasteiger partial charge in [-0.15, -0.1) is 0 Å². The van der Waals surface area contributed by atoms with Gasteiger partial charge in [0, 0.05) is 25.0 Å². The summed E-state index contributed by atoms with van der Waals surface area (Å²) >= 11 is 0. The second-order valence-corrected chi connectivity index (χ2v) is 4.80. The highest BCUT2D eigenvalue weighted by Gasteiger charge is 2.24. The molecule has 2 unspecified atom stereocenters. The van der Waals surface area contributed by atoms with Crippen LogP contribution in [0.4, 0.5) is 0 Å². The number of hydrogen-bond acceptors (Lipinski definition) is 3. The number of nitrogens with zero attached hydrogens (tertiary/aromatic N) is 2. The van der Waals surface area contributed by atoms with Crippen molar-refractivity contribution in [1.82, 2.24) is 9.80 Å². The fourth-order valence-corrected chi connectivity index (χ4v) is 2.29. The maximum absolute atomic E-state index is 7.31. The highest BCUT2D eigenvalue weighted by Crippen LogP contribution is 2.16. The molecule has 0 aromatic rings. The monoisotopic (exact) mass is 212 g/mol. The molecule has 0 aromatic heterocycles. The number of nitrogens with one attached hydrogen (secondary N) is 1. The lowest BCUT2D eigenvalue weighted by Crippen LogP contribution is -2.48. The van der Waals surface area contributed by atoms with E-state index in [0.29, 0.717) is 24.3 Å². The Labute approximate surface area is 92.9 Å². The number of amidine groups is 1. The number of likely N-dealkylation sites (tertiary alicyclic amines) is 1. The van der Waals surface area contributed by atoms with Crippen LogP contribution in [0.3, 0.4) is 0 Å². The SMILES string of the molecule is CC(CC(=N)N)N(C)C1CCCN(C)C1. The van der Waals surface area contributed by atoms with Crippen LogP contribution in [0.2, 0.25) is 0 Å². The van der Waals surface area contributed by atoms with Gasteiger partial charge in [0.2, 0.25) is 0 Å². The Bertz CT molecular complexity index is 217. The molecule has 0 radical (unpaired) electrons. The van der Waals surface area contributed by atoms with Crippen LogP contribution in [0.15, 0.2) is 0 Å². The van der Waals surface area contributed by atoms with Gasteiger partial charge >= 0.3 is 0 Å². The van der Waals surface area contributed by atoms with Gasteiger partial charge in [0.25, 0.3) is 0 Å². The average Bonchev–Trinajstić information content (AvgIpc) is 2.15. The lowest BCUT2D eigenvalue weighted by molar-refractivity contribution is 0.107. The zero-order valence-electron chi connectivity index (χ0n) is 10.2. The summed E-state index contributed by atoms with van der Waals surface area (Å²) in [6.45, 7) is 4.50. The maximum Gasteiger partial charge on any atom is 0.0920 e. The highest BCUT2D eigenvalue weighted by molar-refractivity contribution is 5.77. The van der Waals surface area contributed by atoms with Gasteiger partial charge in [-0.25, -0.2) is 0 Å². The van der Waals surface area contributed by atoms with E-state index >= 15 is 0 Å². The Morgan fingerprint density at radius 2 is 2.33 bits per heavy atom. The van der Waals surface area contributed by atoms with Crippen LogP contribution in [0, 0.1) is 5.41 Å². The standard InChI is InChI=1S/C11H24N4/c1-9(7-11(12)13)15(3)10-5-4-6-14(2)8-10/h9-10H,4-8H2,1-3H3,(H3,12,13). The Kier molecular flexibility index (Phi) is 4.54. The first-order chi connectivity index (χ1) is 7.00. The number of likely N-dealkylation sites (N-methyl/N-ethyl adjacent to an activating group) is 2. The molecule has 0 aromatic carbocycles. The summed E-state index contributed by atoms with van der Waals surface area (Å²) < 4.78 is 0. The van der Waals surface area contributed by atoms with Gasteiger partial charge in [0.05, 0.1) is 5.84 Å².